The van der Waals surface area contributed by atoms with Crippen LogP contribution in [0, 0.1) is 6.92 Å². The monoisotopic (exact) mass is 296 g/mol. The van der Waals surface area contributed by atoms with Crippen molar-refractivity contribution in [3.8, 4) is 0 Å². The van der Waals surface area contributed by atoms with E-state index in [1.807, 2.05) is 49.4 Å². The minimum absolute atomic E-state index is 0.0415. The molecule has 0 aliphatic rings. The van der Waals surface area contributed by atoms with Crippen LogP contribution in [0.1, 0.15) is 54.3 Å². The van der Waals surface area contributed by atoms with Gasteiger partial charge in [0.25, 0.3) is 0 Å². The van der Waals surface area contributed by atoms with Gasteiger partial charge in [-0.3, -0.25) is 4.79 Å². The Morgan fingerprint density at radius 1 is 1.05 bits per heavy atom. The van der Waals surface area contributed by atoms with Gasteiger partial charge in [0.1, 0.15) is 0 Å². The number of hydrogen-bond donors (Lipinski definition) is 0. The van der Waals surface area contributed by atoms with Crippen molar-refractivity contribution in [3.05, 3.63) is 71.3 Å². The molecule has 0 saturated heterocycles. The summed E-state index contributed by atoms with van der Waals surface area (Å²) in [6.07, 6.45) is 1.25. The fourth-order valence-electron chi connectivity index (χ4n) is 2.67. The number of aryl methyl sites for hydroxylation is 1. The molecule has 2 nitrogen and oxygen atoms in total. The molecule has 22 heavy (non-hydrogen) atoms. The molecule has 0 unspecified atom stereocenters. The van der Waals surface area contributed by atoms with Gasteiger partial charge in [0.15, 0.2) is 5.78 Å². The first-order valence-electron chi connectivity index (χ1n) is 7.91. The molecule has 0 heterocycles. The Balaban J connectivity index is 2.00. The highest BCUT2D eigenvalue weighted by Gasteiger charge is 2.18. The fourth-order valence-corrected chi connectivity index (χ4v) is 2.67. The summed E-state index contributed by atoms with van der Waals surface area (Å²) >= 11 is 0. The summed E-state index contributed by atoms with van der Waals surface area (Å²) in [5.74, 6) is 0.132. The van der Waals surface area contributed by atoms with Gasteiger partial charge in [-0.1, -0.05) is 61.5 Å². The molecule has 0 bridgehead atoms. The number of Topliss-reactive ketones (excluding diaryl/α,β-unsaturated/α-hetero) is 1. The van der Waals surface area contributed by atoms with E-state index < -0.39 is 0 Å². The highest BCUT2D eigenvalue weighted by molar-refractivity contribution is 5.96. The highest BCUT2D eigenvalue weighted by Crippen LogP contribution is 2.26. The van der Waals surface area contributed by atoms with E-state index >= 15 is 0 Å². The van der Waals surface area contributed by atoms with Crippen LogP contribution in [-0.2, 0) is 4.74 Å². The molecule has 0 spiro atoms. The Hall–Kier alpha value is -1.93. The Morgan fingerprint density at radius 2 is 1.68 bits per heavy atom. The van der Waals surface area contributed by atoms with E-state index in [0.29, 0.717) is 6.42 Å². The molecule has 2 aromatic rings. The smallest absolute Gasteiger partial charge is 0.165 e. The zero-order valence-corrected chi connectivity index (χ0v) is 13.6. The Morgan fingerprint density at radius 3 is 2.32 bits per heavy atom. The summed E-state index contributed by atoms with van der Waals surface area (Å²) in [5.41, 5.74) is 3.20. The summed E-state index contributed by atoms with van der Waals surface area (Å²) in [6.45, 7) is 6.19. The van der Waals surface area contributed by atoms with Gasteiger partial charge in [-0.2, -0.15) is 0 Å². The lowest BCUT2D eigenvalue weighted by Gasteiger charge is -2.23. The molecule has 0 N–H and O–H groups in total. The summed E-state index contributed by atoms with van der Waals surface area (Å²) < 4.78 is 6.14. The molecule has 2 atom stereocenters. The maximum absolute atomic E-state index is 12.2. The van der Waals surface area contributed by atoms with Crippen molar-refractivity contribution in [1.29, 1.82) is 0 Å². The second-order valence-electron chi connectivity index (χ2n) is 5.69. The third-order valence-corrected chi connectivity index (χ3v) is 3.87. The number of carbonyl (C=O) groups is 1. The van der Waals surface area contributed by atoms with Crippen LogP contribution in [0.4, 0.5) is 0 Å². The molecule has 0 aliphatic carbocycles. The molecule has 0 fully saturated rings. The van der Waals surface area contributed by atoms with E-state index in [2.05, 4.69) is 26.0 Å². The van der Waals surface area contributed by atoms with Crippen LogP contribution in [0.15, 0.2) is 54.6 Å². The third-order valence-electron chi connectivity index (χ3n) is 3.87. The molecular formula is C20H24O2. The predicted molar refractivity (Wildman–Crippen MR) is 90.1 cm³/mol. The van der Waals surface area contributed by atoms with Gasteiger partial charge in [0.2, 0.25) is 0 Å². The number of rotatable bonds is 7. The first-order chi connectivity index (χ1) is 10.6. The quantitative estimate of drug-likeness (QED) is 0.662. The van der Waals surface area contributed by atoms with Gasteiger partial charge in [-0.25, -0.2) is 0 Å². The average molecular weight is 296 g/mol. The first kappa shape index (κ1) is 16.4. The number of benzene rings is 2. The van der Waals surface area contributed by atoms with Crippen LogP contribution >= 0.6 is 0 Å². The van der Waals surface area contributed by atoms with Crippen molar-refractivity contribution in [2.75, 3.05) is 0 Å². The van der Waals surface area contributed by atoms with Crippen molar-refractivity contribution in [3.63, 3.8) is 0 Å². The molecule has 0 saturated carbocycles. The molecule has 0 radical (unpaired) electrons. The van der Waals surface area contributed by atoms with Crippen molar-refractivity contribution in [1.82, 2.24) is 0 Å². The third kappa shape index (κ3) is 4.28. The van der Waals surface area contributed by atoms with Gasteiger partial charge in [0.05, 0.1) is 12.2 Å². The minimum Gasteiger partial charge on any atom is -0.370 e. The van der Waals surface area contributed by atoms with Crippen LogP contribution in [0.5, 0.6) is 0 Å². The summed E-state index contributed by atoms with van der Waals surface area (Å²) in [6, 6.07) is 17.7. The highest BCUT2D eigenvalue weighted by atomic mass is 16.5. The number of ketones is 1. The van der Waals surface area contributed by atoms with Gasteiger partial charge < -0.3 is 4.74 Å². The summed E-state index contributed by atoms with van der Waals surface area (Å²) in [5, 5.41) is 0. The standard InChI is InChI=1S/C20H24O2/c1-4-20(18-13-9-8-10-15(18)2)22-16(3)14-19(21)17-11-6-5-7-12-17/h5-13,16,20H,4,14H2,1-3H3/t16-,20+/m0/s1. The van der Waals surface area contributed by atoms with Gasteiger partial charge in [0, 0.05) is 12.0 Å². The zero-order chi connectivity index (χ0) is 15.9. The van der Waals surface area contributed by atoms with Crippen LogP contribution in [0.25, 0.3) is 0 Å². The molecule has 0 amide bonds. The number of ether oxygens (including phenoxy) is 1. The largest absolute Gasteiger partial charge is 0.370 e. The maximum atomic E-state index is 12.2. The van der Waals surface area contributed by atoms with E-state index in [0.717, 1.165) is 12.0 Å². The Labute approximate surface area is 133 Å². The van der Waals surface area contributed by atoms with Gasteiger partial charge in [-0.15, -0.1) is 0 Å². The molecule has 0 aromatic heterocycles. The van der Waals surface area contributed by atoms with Crippen LogP contribution < -0.4 is 0 Å². The molecule has 116 valence electrons. The number of hydrogen-bond acceptors (Lipinski definition) is 2. The summed E-state index contributed by atoms with van der Waals surface area (Å²) in [7, 11) is 0. The molecule has 2 aromatic carbocycles. The molecule has 2 heteroatoms. The lowest BCUT2D eigenvalue weighted by Crippen LogP contribution is -2.18. The SMILES string of the molecule is CC[C@@H](O[C@@H](C)CC(=O)c1ccccc1)c1ccccc1C. The van der Waals surface area contributed by atoms with Gasteiger partial charge in [-0.05, 0) is 31.4 Å². The van der Waals surface area contributed by atoms with Crippen molar-refractivity contribution < 1.29 is 9.53 Å². The molecule has 0 aliphatic heterocycles. The van der Waals surface area contributed by atoms with Gasteiger partial charge >= 0.3 is 0 Å². The lowest BCUT2D eigenvalue weighted by molar-refractivity contribution is -0.00722. The van der Waals surface area contributed by atoms with E-state index in [1.165, 1.54) is 11.1 Å². The van der Waals surface area contributed by atoms with Crippen molar-refractivity contribution >= 4 is 5.78 Å². The second-order valence-corrected chi connectivity index (χ2v) is 5.69. The van der Waals surface area contributed by atoms with E-state index in [4.69, 9.17) is 4.74 Å². The Bertz CT molecular complexity index is 604. The van der Waals surface area contributed by atoms with E-state index in [-0.39, 0.29) is 18.0 Å². The maximum Gasteiger partial charge on any atom is 0.165 e. The molecular weight excluding hydrogens is 272 g/mol. The predicted octanol–water partition coefficient (Wildman–Crippen LogP) is 5.12. The summed E-state index contributed by atoms with van der Waals surface area (Å²) in [4.78, 5) is 12.2. The normalized spacial score (nSPS) is 13.6. The van der Waals surface area contributed by atoms with E-state index in [9.17, 15) is 4.79 Å². The zero-order valence-electron chi connectivity index (χ0n) is 13.6. The topological polar surface area (TPSA) is 26.3 Å². The van der Waals surface area contributed by atoms with Crippen LogP contribution in [0.3, 0.4) is 0 Å². The van der Waals surface area contributed by atoms with Crippen LogP contribution in [-0.4, -0.2) is 11.9 Å². The first-order valence-corrected chi connectivity index (χ1v) is 7.91. The van der Waals surface area contributed by atoms with E-state index in [1.54, 1.807) is 0 Å². The fraction of sp³-hybridized carbons (Fsp3) is 0.350. The van der Waals surface area contributed by atoms with Crippen LogP contribution in [0.2, 0.25) is 0 Å². The Kier molecular flexibility index (Phi) is 5.91. The van der Waals surface area contributed by atoms with Crippen molar-refractivity contribution in [2.45, 2.75) is 45.8 Å². The second kappa shape index (κ2) is 7.90. The minimum atomic E-state index is -0.0998. The average Bonchev–Trinajstić information content (AvgIpc) is 2.54. The lowest BCUT2D eigenvalue weighted by atomic mass is 10.0. The molecule has 2 rings (SSSR count). The van der Waals surface area contributed by atoms with Crippen molar-refractivity contribution in [2.24, 2.45) is 0 Å². The number of carbonyl (C=O) groups excluding carboxylic acids is 1.